The molecule has 0 bridgehead atoms. The number of anilines is 1. The Bertz CT molecular complexity index is 835. The topological polar surface area (TPSA) is 39.7 Å². The Morgan fingerprint density at radius 2 is 1.93 bits per heavy atom. The van der Waals surface area contributed by atoms with Crippen LogP contribution >= 0.6 is 11.3 Å². The second-order valence-electron chi connectivity index (χ2n) is 7.49. The fourth-order valence-electron chi connectivity index (χ4n) is 4.14. The first kappa shape index (κ1) is 20.2. The number of carbonyl (C=O) groups is 1. The van der Waals surface area contributed by atoms with Crippen molar-refractivity contribution in [3.8, 4) is 0 Å². The average Bonchev–Trinajstić information content (AvgIpc) is 3.28. The molecule has 1 aromatic carbocycles. The van der Waals surface area contributed by atoms with Crippen molar-refractivity contribution < 1.29 is 18.0 Å². The summed E-state index contributed by atoms with van der Waals surface area (Å²) in [7, 11) is 0. The SMILES string of the molecule is O=C(c1cscn1)N1CCC[C@H](N2CCN(c3cccc(C(F)(F)F)c3)CC2)C1. The summed E-state index contributed by atoms with van der Waals surface area (Å²) in [6.45, 7) is 4.34. The molecule has 156 valence electrons. The van der Waals surface area contributed by atoms with Crippen LogP contribution in [0, 0.1) is 0 Å². The second kappa shape index (κ2) is 8.31. The maximum absolute atomic E-state index is 13.0. The third-order valence-corrected chi connectivity index (χ3v) is 6.29. The molecule has 3 heterocycles. The van der Waals surface area contributed by atoms with Gasteiger partial charge in [0.25, 0.3) is 5.91 Å². The Morgan fingerprint density at radius 1 is 1.14 bits per heavy atom. The lowest BCUT2D eigenvalue weighted by Crippen LogP contribution is -2.56. The first-order valence-electron chi connectivity index (χ1n) is 9.75. The van der Waals surface area contributed by atoms with Crippen LogP contribution in [0.3, 0.4) is 0 Å². The van der Waals surface area contributed by atoms with E-state index in [0.29, 0.717) is 31.0 Å². The monoisotopic (exact) mass is 424 g/mol. The van der Waals surface area contributed by atoms with E-state index >= 15 is 0 Å². The maximum atomic E-state index is 13.0. The molecule has 0 spiro atoms. The molecule has 0 unspecified atom stereocenters. The van der Waals surface area contributed by atoms with E-state index in [1.165, 1.54) is 23.5 Å². The van der Waals surface area contributed by atoms with Gasteiger partial charge in [0.1, 0.15) is 5.69 Å². The molecule has 2 aliphatic heterocycles. The van der Waals surface area contributed by atoms with E-state index in [4.69, 9.17) is 0 Å². The zero-order valence-corrected chi connectivity index (χ0v) is 16.8. The quantitative estimate of drug-likeness (QED) is 0.755. The Labute approximate surface area is 171 Å². The number of piperidine rings is 1. The third-order valence-electron chi connectivity index (χ3n) is 5.70. The van der Waals surface area contributed by atoms with E-state index in [0.717, 1.165) is 38.5 Å². The molecule has 2 aromatic rings. The summed E-state index contributed by atoms with van der Waals surface area (Å²) in [6.07, 6.45) is -2.34. The highest BCUT2D eigenvalue weighted by Gasteiger charge is 2.33. The van der Waals surface area contributed by atoms with Crippen LogP contribution in [0.15, 0.2) is 35.2 Å². The number of nitrogens with zero attached hydrogens (tertiary/aromatic N) is 4. The minimum atomic E-state index is -4.33. The number of carbonyl (C=O) groups excluding carboxylic acids is 1. The number of thiazole rings is 1. The van der Waals surface area contributed by atoms with Crippen molar-refractivity contribution in [1.29, 1.82) is 0 Å². The van der Waals surface area contributed by atoms with Crippen LogP contribution in [0.4, 0.5) is 18.9 Å². The van der Waals surface area contributed by atoms with Gasteiger partial charge < -0.3 is 9.80 Å². The van der Waals surface area contributed by atoms with Crippen LogP contribution in [-0.2, 0) is 6.18 Å². The number of hydrogen-bond acceptors (Lipinski definition) is 5. The Hall–Kier alpha value is -2.13. The van der Waals surface area contributed by atoms with Gasteiger partial charge in [0.2, 0.25) is 0 Å². The fraction of sp³-hybridized carbons (Fsp3) is 0.500. The van der Waals surface area contributed by atoms with Crippen LogP contribution in [-0.4, -0.2) is 66.0 Å². The van der Waals surface area contributed by atoms with E-state index in [1.54, 1.807) is 17.0 Å². The molecular formula is C20H23F3N4OS. The number of benzene rings is 1. The maximum Gasteiger partial charge on any atom is 0.416 e. The Balaban J connectivity index is 1.35. The lowest BCUT2D eigenvalue weighted by Gasteiger charge is -2.43. The summed E-state index contributed by atoms with van der Waals surface area (Å²) in [5.74, 6) is -0.0152. The van der Waals surface area contributed by atoms with E-state index in [1.807, 2.05) is 9.80 Å². The van der Waals surface area contributed by atoms with Crippen molar-refractivity contribution >= 4 is 22.9 Å². The summed E-state index contributed by atoms with van der Waals surface area (Å²) >= 11 is 1.42. The van der Waals surface area contributed by atoms with Crippen molar-refractivity contribution in [3.63, 3.8) is 0 Å². The molecule has 2 saturated heterocycles. The number of likely N-dealkylation sites (tertiary alicyclic amines) is 1. The van der Waals surface area contributed by atoms with Gasteiger partial charge in [0.15, 0.2) is 0 Å². The normalized spacial score (nSPS) is 21.4. The molecule has 0 radical (unpaired) electrons. The number of amides is 1. The summed E-state index contributed by atoms with van der Waals surface area (Å²) in [5.41, 5.74) is 2.18. The number of halogens is 3. The van der Waals surface area contributed by atoms with E-state index in [9.17, 15) is 18.0 Å². The average molecular weight is 424 g/mol. The highest BCUT2D eigenvalue weighted by molar-refractivity contribution is 7.07. The number of aromatic nitrogens is 1. The molecule has 0 aliphatic carbocycles. The van der Waals surface area contributed by atoms with Gasteiger partial charge in [-0.15, -0.1) is 11.3 Å². The van der Waals surface area contributed by atoms with Crippen molar-refractivity contribution in [1.82, 2.24) is 14.8 Å². The van der Waals surface area contributed by atoms with Crippen LogP contribution in [0.1, 0.15) is 28.9 Å². The minimum absolute atomic E-state index is 0.0152. The van der Waals surface area contributed by atoms with Crippen LogP contribution < -0.4 is 4.90 Å². The van der Waals surface area contributed by atoms with E-state index in [-0.39, 0.29) is 11.9 Å². The lowest BCUT2D eigenvalue weighted by atomic mass is 10.0. The van der Waals surface area contributed by atoms with Gasteiger partial charge in [0.05, 0.1) is 11.1 Å². The number of rotatable bonds is 3. The first-order chi connectivity index (χ1) is 13.9. The van der Waals surface area contributed by atoms with Gasteiger partial charge >= 0.3 is 6.18 Å². The molecule has 1 atom stereocenters. The van der Waals surface area contributed by atoms with Crippen molar-refractivity contribution in [2.24, 2.45) is 0 Å². The second-order valence-corrected chi connectivity index (χ2v) is 8.21. The van der Waals surface area contributed by atoms with Gasteiger partial charge in [0, 0.05) is 56.4 Å². The molecule has 29 heavy (non-hydrogen) atoms. The molecule has 1 aromatic heterocycles. The summed E-state index contributed by atoms with van der Waals surface area (Å²) in [5, 5.41) is 1.78. The largest absolute Gasteiger partial charge is 0.416 e. The molecule has 0 saturated carbocycles. The van der Waals surface area contributed by atoms with Gasteiger partial charge in [-0.3, -0.25) is 9.69 Å². The summed E-state index contributed by atoms with van der Waals surface area (Å²) < 4.78 is 38.9. The van der Waals surface area contributed by atoms with Crippen molar-refractivity contribution in [2.45, 2.75) is 25.1 Å². The van der Waals surface area contributed by atoms with E-state index in [2.05, 4.69) is 9.88 Å². The lowest BCUT2D eigenvalue weighted by molar-refractivity contribution is -0.137. The predicted octanol–water partition coefficient (Wildman–Crippen LogP) is 3.59. The van der Waals surface area contributed by atoms with Crippen LogP contribution in [0.2, 0.25) is 0 Å². The zero-order valence-electron chi connectivity index (χ0n) is 15.9. The molecule has 9 heteroatoms. The molecule has 2 aliphatic rings. The van der Waals surface area contributed by atoms with Gasteiger partial charge in [-0.2, -0.15) is 13.2 Å². The smallest absolute Gasteiger partial charge is 0.369 e. The predicted molar refractivity (Wildman–Crippen MR) is 106 cm³/mol. The zero-order chi connectivity index (χ0) is 20.4. The summed E-state index contributed by atoms with van der Waals surface area (Å²) in [6, 6.07) is 5.82. The molecule has 4 rings (SSSR count). The minimum Gasteiger partial charge on any atom is -0.369 e. The number of alkyl halides is 3. The van der Waals surface area contributed by atoms with Crippen LogP contribution in [0.5, 0.6) is 0 Å². The summed E-state index contributed by atoms with van der Waals surface area (Å²) in [4.78, 5) is 23.0. The Morgan fingerprint density at radius 3 is 2.62 bits per heavy atom. The molecule has 0 N–H and O–H groups in total. The Kier molecular flexibility index (Phi) is 5.78. The highest BCUT2D eigenvalue weighted by atomic mass is 32.1. The highest BCUT2D eigenvalue weighted by Crippen LogP contribution is 2.32. The number of hydrogen-bond donors (Lipinski definition) is 0. The van der Waals surface area contributed by atoms with Gasteiger partial charge in [-0.1, -0.05) is 6.07 Å². The standard InChI is InChI=1S/C20H23F3N4OS/c21-20(22,23)15-3-1-4-16(11-15)25-7-9-26(10-8-25)17-5-2-6-27(12-17)19(28)18-13-29-14-24-18/h1,3-4,11,13-14,17H,2,5-10,12H2/t17-/m0/s1. The van der Waals surface area contributed by atoms with Gasteiger partial charge in [-0.25, -0.2) is 4.98 Å². The fourth-order valence-corrected chi connectivity index (χ4v) is 4.67. The third kappa shape index (κ3) is 4.56. The van der Waals surface area contributed by atoms with Crippen LogP contribution in [0.25, 0.3) is 0 Å². The molecule has 1 amide bonds. The first-order valence-corrected chi connectivity index (χ1v) is 10.7. The molecule has 2 fully saturated rings. The molecule has 5 nitrogen and oxygen atoms in total. The van der Waals surface area contributed by atoms with Crippen molar-refractivity contribution in [2.75, 3.05) is 44.2 Å². The van der Waals surface area contributed by atoms with Gasteiger partial charge in [-0.05, 0) is 31.0 Å². The molecular weight excluding hydrogens is 401 g/mol. The number of piperazine rings is 1. The van der Waals surface area contributed by atoms with Crippen molar-refractivity contribution in [3.05, 3.63) is 46.4 Å². The van der Waals surface area contributed by atoms with E-state index < -0.39 is 11.7 Å².